The Bertz CT molecular complexity index is 653. The molecule has 0 unspecified atom stereocenters. The molecule has 2 saturated heterocycles. The Morgan fingerprint density at radius 3 is 2.59 bits per heavy atom. The molecule has 0 aliphatic carbocycles. The molecule has 0 spiro atoms. The van der Waals surface area contributed by atoms with Gasteiger partial charge in [0.1, 0.15) is 11.9 Å². The van der Waals surface area contributed by atoms with Crippen LogP contribution in [0.5, 0.6) is 5.75 Å². The highest BCUT2D eigenvalue weighted by molar-refractivity contribution is 5.87. The minimum Gasteiger partial charge on any atom is -0.495 e. The van der Waals surface area contributed by atoms with Crippen LogP contribution in [-0.2, 0) is 4.74 Å². The Morgan fingerprint density at radius 1 is 1.17 bits per heavy atom. The summed E-state index contributed by atoms with van der Waals surface area (Å²) < 4.78 is 11.2. The van der Waals surface area contributed by atoms with Crippen molar-refractivity contribution in [1.29, 1.82) is 0 Å². The van der Waals surface area contributed by atoms with Gasteiger partial charge in [0.25, 0.3) is 0 Å². The maximum atomic E-state index is 12.5. The third kappa shape index (κ3) is 6.09. The molecule has 3 rings (SSSR count). The van der Waals surface area contributed by atoms with Crippen LogP contribution < -0.4 is 15.8 Å². The van der Waals surface area contributed by atoms with Gasteiger partial charge in [0.2, 0.25) is 0 Å². The number of nitrogens with one attached hydrogen (secondary N) is 1. The summed E-state index contributed by atoms with van der Waals surface area (Å²) in [4.78, 5) is 15.2. The molecule has 2 aliphatic heterocycles. The van der Waals surface area contributed by atoms with Gasteiger partial charge >= 0.3 is 6.09 Å². The first-order valence-electron chi connectivity index (χ1n) is 11.2. The minimum atomic E-state index is -0.382. The lowest BCUT2D eigenvalue weighted by Gasteiger charge is -2.48. The van der Waals surface area contributed by atoms with Crippen molar-refractivity contribution in [3.05, 3.63) is 23.8 Å². The fourth-order valence-electron chi connectivity index (χ4n) is 4.89. The zero-order chi connectivity index (χ0) is 20.6. The van der Waals surface area contributed by atoms with Gasteiger partial charge in [0.05, 0.1) is 12.8 Å². The number of methoxy groups -OCH3 is 1. The zero-order valence-electron chi connectivity index (χ0n) is 18.0. The van der Waals surface area contributed by atoms with E-state index in [1.54, 1.807) is 7.11 Å². The highest BCUT2D eigenvalue weighted by Crippen LogP contribution is 2.36. The molecule has 1 aromatic carbocycles. The molecule has 29 heavy (non-hydrogen) atoms. The Balaban J connectivity index is 1.50. The van der Waals surface area contributed by atoms with Crippen molar-refractivity contribution in [2.24, 2.45) is 5.73 Å². The number of piperidine rings is 2. The number of unbranched alkanes of at least 4 members (excludes halogenated alkanes) is 3. The van der Waals surface area contributed by atoms with Gasteiger partial charge in [-0.3, -0.25) is 10.2 Å². The van der Waals surface area contributed by atoms with Crippen LogP contribution in [0.25, 0.3) is 0 Å². The van der Waals surface area contributed by atoms with Crippen molar-refractivity contribution in [3.63, 3.8) is 0 Å². The topological polar surface area (TPSA) is 76.8 Å². The maximum Gasteiger partial charge on any atom is 0.412 e. The summed E-state index contributed by atoms with van der Waals surface area (Å²) in [5.74, 6) is 0.647. The van der Waals surface area contributed by atoms with Crippen LogP contribution in [0.1, 0.15) is 63.4 Å². The predicted molar refractivity (Wildman–Crippen MR) is 117 cm³/mol. The van der Waals surface area contributed by atoms with E-state index in [0.717, 1.165) is 31.4 Å². The second-order valence-electron chi connectivity index (χ2n) is 8.51. The Hall–Kier alpha value is -1.79. The first kappa shape index (κ1) is 21.9. The van der Waals surface area contributed by atoms with Gasteiger partial charge in [0, 0.05) is 24.9 Å². The SMILES string of the molecule is COc1ccc(C)cc1NC(=O)OC1C[C@H]2CCC[C@H](C1)N2CCCCCCN. The fourth-order valence-corrected chi connectivity index (χ4v) is 4.89. The minimum absolute atomic E-state index is 0.00501. The molecule has 0 radical (unpaired) electrons. The first-order chi connectivity index (χ1) is 14.1. The van der Waals surface area contributed by atoms with E-state index in [1.807, 2.05) is 25.1 Å². The number of rotatable bonds is 9. The standard InChI is InChI=1S/C23H37N3O3/c1-17-10-11-22(28-2)21(14-17)25-23(27)29-20-15-18-8-7-9-19(16-20)26(18)13-6-4-3-5-12-24/h10-11,14,18-20H,3-9,12-13,15-16,24H2,1-2H3,(H,25,27)/t18-,19-/m1/s1. The third-order valence-corrected chi connectivity index (χ3v) is 6.32. The second kappa shape index (κ2) is 10.8. The molecule has 162 valence electrons. The summed E-state index contributed by atoms with van der Waals surface area (Å²) in [7, 11) is 1.61. The van der Waals surface area contributed by atoms with E-state index < -0.39 is 0 Å². The third-order valence-electron chi connectivity index (χ3n) is 6.32. The van der Waals surface area contributed by atoms with Crippen molar-refractivity contribution >= 4 is 11.8 Å². The van der Waals surface area contributed by atoms with E-state index in [0.29, 0.717) is 23.5 Å². The lowest BCUT2D eigenvalue weighted by Crippen LogP contribution is -2.54. The predicted octanol–water partition coefficient (Wildman–Crippen LogP) is 4.46. The van der Waals surface area contributed by atoms with Crippen molar-refractivity contribution < 1.29 is 14.3 Å². The van der Waals surface area contributed by atoms with E-state index in [9.17, 15) is 4.79 Å². The van der Waals surface area contributed by atoms with Gasteiger partial charge in [0.15, 0.2) is 0 Å². The van der Waals surface area contributed by atoms with Crippen molar-refractivity contribution in [1.82, 2.24) is 4.90 Å². The highest BCUT2D eigenvalue weighted by Gasteiger charge is 2.39. The van der Waals surface area contributed by atoms with Crippen LogP contribution in [0.3, 0.4) is 0 Å². The number of carbonyl (C=O) groups is 1. The molecule has 3 N–H and O–H groups in total. The molecule has 6 heteroatoms. The molecule has 0 aromatic heterocycles. The second-order valence-corrected chi connectivity index (χ2v) is 8.51. The van der Waals surface area contributed by atoms with Gasteiger partial charge in [-0.05, 0) is 63.4 Å². The normalized spacial score (nSPS) is 24.2. The smallest absolute Gasteiger partial charge is 0.412 e. The molecular weight excluding hydrogens is 366 g/mol. The van der Waals surface area contributed by atoms with Gasteiger partial charge in [-0.25, -0.2) is 4.79 Å². The molecule has 2 fully saturated rings. The number of anilines is 1. The van der Waals surface area contributed by atoms with Gasteiger partial charge < -0.3 is 15.2 Å². The molecule has 1 aromatic rings. The van der Waals surface area contributed by atoms with E-state index in [1.165, 1.54) is 45.1 Å². The summed E-state index contributed by atoms with van der Waals surface area (Å²) >= 11 is 0. The number of fused-ring (bicyclic) bond motifs is 2. The highest BCUT2D eigenvalue weighted by atomic mass is 16.6. The van der Waals surface area contributed by atoms with Crippen LogP contribution in [-0.4, -0.2) is 49.4 Å². The number of aryl methyl sites for hydroxylation is 1. The van der Waals surface area contributed by atoms with Crippen molar-refractivity contribution in [3.8, 4) is 5.75 Å². The summed E-state index contributed by atoms with van der Waals surface area (Å²) in [5, 5.41) is 2.87. The summed E-state index contributed by atoms with van der Waals surface area (Å²) in [5.41, 5.74) is 7.32. The quantitative estimate of drug-likeness (QED) is 0.596. The number of benzene rings is 1. The van der Waals surface area contributed by atoms with Crippen LogP contribution >= 0.6 is 0 Å². The van der Waals surface area contributed by atoms with E-state index in [2.05, 4.69) is 10.2 Å². The molecule has 6 nitrogen and oxygen atoms in total. The molecular formula is C23H37N3O3. The molecule has 1 amide bonds. The number of hydrogen-bond acceptors (Lipinski definition) is 5. The lowest BCUT2D eigenvalue weighted by atomic mass is 9.82. The molecule has 2 atom stereocenters. The summed E-state index contributed by atoms with van der Waals surface area (Å²) in [6, 6.07) is 6.82. The Morgan fingerprint density at radius 2 is 1.90 bits per heavy atom. The van der Waals surface area contributed by atoms with E-state index in [-0.39, 0.29) is 12.2 Å². The Labute approximate surface area is 175 Å². The lowest BCUT2D eigenvalue weighted by molar-refractivity contribution is -0.0308. The zero-order valence-corrected chi connectivity index (χ0v) is 18.0. The van der Waals surface area contributed by atoms with Gasteiger partial charge in [-0.15, -0.1) is 0 Å². The van der Waals surface area contributed by atoms with Crippen molar-refractivity contribution in [2.45, 2.75) is 82.9 Å². The monoisotopic (exact) mass is 403 g/mol. The average molecular weight is 404 g/mol. The van der Waals surface area contributed by atoms with E-state index in [4.69, 9.17) is 15.2 Å². The molecule has 2 heterocycles. The summed E-state index contributed by atoms with van der Waals surface area (Å²) in [6.45, 7) is 3.95. The van der Waals surface area contributed by atoms with Crippen LogP contribution in [0, 0.1) is 6.92 Å². The van der Waals surface area contributed by atoms with Crippen LogP contribution in [0.2, 0.25) is 0 Å². The van der Waals surface area contributed by atoms with Crippen LogP contribution in [0.4, 0.5) is 10.5 Å². The number of amides is 1. The number of nitrogens with zero attached hydrogens (tertiary/aromatic N) is 1. The average Bonchev–Trinajstić information content (AvgIpc) is 2.68. The largest absolute Gasteiger partial charge is 0.495 e. The molecule has 2 bridgehead atoms. The molecule has 0 saturated carbocycles. The number of nitrogens with two attached hydrogens (primary N) is 1. The van der Waals surface area contributed by atoms with Crippen LogP contribution in [0.15, 0.2) is 18.2 Å². The Kier molecular flexibility index (Phi) is 8.19. The van der Waals surface area contributed by atoms with Gasteiger partial charge in [-0.2, -0.15) is 0 Å². The number of carbonyl (C=O) groups excluding carboxylic acids is 1. The maximum absolute atomic E-state index is 12.5. The van der Waals surface area contributed by atoms with E-state index >= 15 is 0 Å². The molecule has 2 aliphatic rings. The van der Waals surface area contributed by atoms with Crippen molar-refractivity contribution in [2.75, 3.05) is 25.5 Å². The van der Waals surface area contributed by atoms with Gasteiger partial charge in [-0.1, -0.05) is 25.3 Å². The number of hydrogen-bond donors (Lipinski definition) is 2. The first-order valence-corrected chi connectivity index (χ1v) is 11.2. The number of ether oxygens (including phenoxy) is 2. The fraction of sp³-hybridized carbons (Fsp3) is 0.696. The summed E-state index contributed by atoms with van der Waals surface area (Å²) in [6.07, 6.45) is 10.1.